The molecule has 0 aliphatic carbocycles. The molecule has 2 aliphatic rings. The van der Waals surface area contributed by atoms with Gasteiger partial charge in [0.1, 0.15) is 6.04 Å². The van der Waals surface area contributed by atoms with Gasteiger partial charge >= 0.3 is 5.97 Å². The average molecular weight is 387 g/mol. The number of ether oxygens (including phenoxy) is 1. The first-order valence-electron chi connectivity index (χ1n) is 9.05. The van der Waals surface area contributed by atoms with Crippen molar-refractivity contribution >= 4 is 23.6 Å². The molecule has 27 heavy (non-hydrogen) atoms. The van der Waals surface area contributed by atoms with Crippen LogP contribution in [-0.4, -0.2) is 43.6 Å². The smallest absolute Gasteiger partial charge is 0.330 e. The summed E-state index contributed by atoms with van der Waals surface area (Å²) in [5.74, 6) is 0.843. The summed E-state index contributed by atoms with van der Waals surface area (Å²) < 4.78 is 10.5. The van der Waals surface area contributed by atoms with Crippen LogP contribution in [0.5, 0.6) is 0 Å². The number of thioether (sulfide) groups is 1. The maximum atomic E-state index is 12.5. The maximum absolute atomic E-state index is 12.5. The van der Waals surface area contributed by atoms with Crippen molar-refractivity contribution < 1.29 is 18.8 Å². The summed E-state index contributed by atoms with van der Waals surface area (Å²) in [7, 11) is 0. The van der Waals surface area contributed by atoms with E-state index in [0.29, 0.717) is 18.0 Å². The highest BCUT2D eigenvalue weighted by molar-refractivity contribution is 8.01. The Morgan fingerprint density at radius 1 is 1.41 bits per heavy atom. The van der Waals surface area contributed by atoms with E-state index in [1.54, 1.807) is 16.7 Å². The minimum absolute atomic E-state index is 0.0139. The molecule has 1 aromatic carbocycles. The van der Waals surface area contributed by atoms with E-state index in [2.05, 4.69) is 17.1 Å². The molecule has 2 aliphatic heterocycles. The molecule has 3 heterocycles. The van der Waals surface area contributed by atoms with Crippen LogP contribution in [0.25, 0.3) is 11.4 Å². The molecule has 2 aromatic rings. The largest absolute Gasteiger partial charge is 0.454 e. The highest BCUT2D eigenvalue weighted by atomic mass is 32.2. The second-order valence-corrected chi connectivity index (χ2v) is 8.44. The molecule has 142 valence electrons. The molecular weight excluding hydrogens is 366 g/mol. The molecule has 1 aromatic heterocycles. The second-order valence-electron chi connectivity index (χ2n) is 6.94. The predicted molar refractivity (Wildman–Crippen MR) is 99.6 cm³/mol. The molecule has 1 amide bonds. The monoisotopic (exact) mass is 387 g/mol. The number of benzene rings is 1. The van der Waals surface area contributed by atoms with Gasteiger partial charge in [0, 0.05) is 17.7 Å². The molecule has 0 saturated carbocycles. The SMILES string of the molecule is CCc1ccc(-c2noc(COC(=O)[C@H]3CS[C@@]4(C)CCC(=O)N34)n2)cc1. The van der Waals surface area contributed by atoms with E-state index in [1.165, 1.54) is 5.56 Å². The van der Waals surface area contributed by atoms with Crippen LogP contribution in [0, 0.1) is 0 Å². The summed E-state index contributed by atoms with van der Waals surface area (Å²) in [5, 5.41) is 3.95. The number of nitrogens with zero attached hydrogens (tertiary/aromatic N) is 3. The Labute approximate surface area is 161 Å². The average Bonchev–Trinajstić information content (AvgIpc) is 3.36. The fraction of sp³-hybridized carbons (Fsp3) is 0.474. The van der Waals surface area contributed by atoms with Crippen molar-refractivity contribution in [2.24, 2.45) is 0 Å². The van der Waals surface area contributed by atoms with Crippen molar-refractivity contribution in [3.8, 4) is 11.4 Å². The van der Waals surface area contributed by atoms with Crippen molar-refractivity contribution in [1.29, 1.82) is 0 Å². The zero-order chi connectivity index (χ0) is 19.0. The van der Waals surface area contributed by atoms with Crippen LogP contribution in [0.1, 0.15) is 38.1 Å². The van der Waals surface area contributed by atoms with Crippen LogP contribution < -0.4 is 0 Å². The Bertz CT molecular complexity index is 866. The first-order valence-corrected chi connectivity index (χ1v) is 10.0. The van der Waals surface area contributed by atoms with Crippen molar-refractivity contribution in [3.05, 3.63) is 35.7 Å². The Kier molecular flexibility index (Phi) is 4.67. The van der Waals surface area contributed by atoms with Gasteiger partial charge in [-0.15, -0.1) is 11.8 Å². The maximum Gasteiger partial charge on any atom is 0.330 e. The van der Waals surface area contributed by atoms with Crippen molar-refractivity contribution in [3.63, 3.8) is 0 Å². The molecule has 2 saturated heterocycles. The van der Waals surface area contributed by atoms with E-state index >= 15 is 0 Å². The van der Waals surface area contributed by atoms with Crippen molar-refractivity contribution in [1.82, 2.24) is 15.0 Å². The third-order valence-corrected chi connectivity index (χ3v) is 6.65. The molecule has 0 N–H and O–H groups in total. The van der Waals surface area contributed by atoms with Gasteiger partial charge in [-0.25, -0.2) is 4.79 Å². The normalized spacial score (nSPS) is 24.3. The molecule has 0 unspecified atom stereocenters. The number of aromatic nitrogens is 2. The van der Waals surface area contributed by atoms with Crippen LogP contribution >= 0.6 is 11.8 Å². The lowest BCUT2D eigenvalue weighted by Crippen LogP contribution is -2.46. The van der Waals surface area contributed by atoms with E-state index in [9.17, 15) is 9.59 Å². The summed E-state index contributed by atoms with van der Waals surface area (Å²) in [6.07, 6.45) is 2.22. The van der Waals surface area contributed by atoms with Gasteiger partial charge in [-0.2, -0.15) is 4.98 Å². The van der Waals surface area contributed by atoms with E-state index < -0.39 is 12.0 Å². The standard InChI is InChI=1S/C19H21N3O4S/c1-3-12-4-6-13(7-5-12)17-20-15(26-21-17)10-25-18(24)14-11-27-19(2)9-8-16(23)22(14)19/h4-7,14H,3,8-11H2,1-2H3/t14-,19+/m1/s1. The van der Waals surface area contributed by atoms with Gasteiger partial charge in [0.05, 0.1) is 4.87 Å². The number of aryl methyl sites for hydroxylation is 1. The third kappa shape index (κ3) is 3.34. The van der Waals surface area contributed by atoms with E-state index in [-0.39, 0.29) is 23.3 Å². The van der Waals surface area contributed by atoms with Gasteiger partial charge in [-0.3, -0.25) is 4.79 Å². The Hall–Kier alpha value is -2.35. The van der Waals surface area contributed by atoms with Crippen LogP contribution in [0.3, 0.4) is 0 Å². The number of hydrogen-bond donors (Lipinski definition) is 0. The van der Waals surface area contributed by atoms with Crippen LogP contribution in [0.2, 0.25) is 0 Å². The molecule has 2 fully saturated rings. The zero-order valence-electron chi connectivity index (χ0n) is 15.3. The first kappa shape index (κ1) is 18.0. The van der Waals surface area contributed by atoms with Crippen molar-refractivity contribution in [2.45, 2.75) is 50.6 Å². The Balaban J connectivity index is 1.38. The first-order chi connectivity index (χ1) is 13.0. The van der Waals surface area contributed by atoms with Gasteiger partial charge in [-0.05, 0) is 25.3 Å². The highest BCUT2D eigenvalue weighted by Gasteiger charge is 2.53. The molecule has 7 nitrogen and oxygen atoms in total. The zero-order valence-corrected chi connectivity index (χ0v) is 16.1. The van der Waals surface area contributed by atoms with Gasteiger partial charge in [0.25, 0.3) is 5.89 Å². The number of hydrogen-bond acceptors (Lipinski definition) is 7. The van der Waals surface area contributed by atoms with Gasteiger partial charge in [0.2, 0.25) is 11.7 Å². The van der Waals surface area contributed by atoms with Crippen LogP contribution in [0.4, 0.5) is 0 Å². The highest BCUT2D eigenvalue weighted by Crippen LogP contribution is 2.47. The van der Waals surface area contributed by atoms with E-state index in [4.69, 9.17) is 9.26 Å². The van der Waals surface area contributed by atoms with Gasteiger partial charge in [0.15, 0.2) is 6.61 Å². The van der Waals surface area contributed by atoms with Crippen LogP contribution in [-0.2, 0) is 27.4 Å². The number of carbonyl (C=O) groups is 2. The minimum atomic E-state index is -0.543. The number of esters is 1. The quantitative estimate of drug-likeness (QED) is 0.729. The summed E-state index contributed by atoms with van der Waals surface area (Å²) in [6, 6.07) is 7.38. The Morgan fingerprint density at radius 3 is 2.93 bits per heavy atom. The number of carbonyl (C=O) groups excluding carboxylic acids is 2. The van der Waals surface area contributed by atoms with Gasteiger partial charge < -0.3 is 14.2 Å². The molecule has 0 bridgehead atoms. The fourth-order valence-corrected chi connectivity index (χ4v) is 4.96. The lowest BCUT2D eigenvalue weighted by Gasteiger charge is -2.29. The molecule has 0 radical (unpaired) electrons. The fourth-order valence-electron chi connectivity index (χ4n) is 3.54. The molecule has 0 spiro atoms. The summed E-state index contributed by atoms with van der Waals surface area (Å²) in [6.45, 7) is 4.00. The minimum Gasteiger partial charge on any atom is -0.454 e. The Morgan fingerprint density at radius 2 is 2.19 bits per heavy atom. The molecular formula is C19H21N3O4S. The molecule has 4 rings (SSSR count). The predicted octanol–water partition coefficient (Wildman–Crippen LogP) is 2.80. The number of fused-ring (bicyclic) bond motifs is 1. The summed E-state index contributed by atoms with van der Waals surface area (Å²) in [4.78, 5) is 30.3. The molecule has 8 heteroatoms. The summed E-state index contributed by atoms with van der Waals surface area (Å²) >= 11 is 1.63. The number of amides is 1. The third-order valence-electron chi connectivity index (χ3n) is 5.14. The van der Waals surface area contributed by atoms with Gasteiger partial charge in [-0.1, -0.05) is 36.3 Å². The lowest BCUT2D eigenvalue weighted by molar-refractivity contribution is -0.155. The van der Waals surface area contributed by atoms with E-state index in [0.717, 1.165) is 18.4 Å². The number of rotatable bonds is 5. The second kappa shape index (κ2) is 6.99. The molecule has 2 atom stereocenters. The van der Waals surface area contributed by atoms with E-state index in [1.807, 2.05) is 31.2 Å². The van der Waals surface area contributed by atoms with Crippen LogP contribution in [0.15, 0.2) is 28.8 Å². The van der Waals surface area contributed by atoms with Crippen molar-refractivity contribution in [2.75, 3.05) is 5.75 Å². The topological polar surface area (TPSA) is 85.5 Å². The lowest BCUT2D eigenvalue weighted by atomic mass is 10.1. The summed E-state index contributed by atoms with van der Waals surface area (Å²) in [5.41, 5.74) is 2.08.